The van der Waals surface area contributed by atoms with Gasteiger partial charge >= 0.3 is 12.6 Å². The third-order valence-corrected chi connectivity index (χ3v) is 3.68. The lowest BCUT2D eigenvalue weighted by Crippen LogP contribution is -2.30. The van der Waals surface area contributed by atoms with Gasteiger partial charge in [0.1, 0.15) is 5.75 Å². The summed E-state index contributed by atoms with van der Waals surface area (Å²) in [5.41, 5.74) is 2.06. The van der Waals surface area contributed by atoms with Crippen molar-refractivity contribution < 1.29 is 27.8 Å². The van der Waals surface area contributed by atoms with E-state index in [0.717, 1.165) is 11.1 Å². The lowest BCUT2D eigenvalue weighted by atomic mass is 10.1. The molecule has 0 spiro atoms. The van der Waals surface area contributed by atoms with E-state index in [1.165, 1.54) is 24.3 Å². The topological polar surface area (TPSA) is 88.4 Å². The second-order valence-corrected chi connectivity index (χ2v) is 5.80. The third-order valence-electron chi connectivity index (χ3n) is 3.68. The number of alkyl halides is 2. The number of nitrogens with zero attached hydrogens (tertiary/aromatic N) is 1. The number of esters is 1. The maximum absolute atomic E-state index is 12.1. The molecule has 0 radical (unpaired) electrons. The second-order valence-electron chi connectivity index (χ2n) is 5.80. The summed E-state index contributed by atoms with van der Waals surface area (Å²) in [5.74, 6) is -1.06. The molecule has 0 saturated heterocycles. The Kier molecular flexibility index (Phi) is 8.32. The van der Waals surface area contributed by atoms with Crippen molar-refractivity contribution in [3.8, 4) is 11.8 Å². The second kappa shape index (κ2) is 11.2. The number of nitrogens with one attached hydrogen (secondary N) is 1. The Morgan fingerprint density at radius 3 is 2.41 bits per heavy atom. The minimum atomic E-state index is -2.87. The fourth-order valence-electron chi connectivity index (χ4n) is 2.25. The highest BCUT2D eigenvalue weighted by Gasteiger charge is 2.06. The van der Waals surface area contributed by atoms with Crippen LogP contribution < -0.4 is 10.1 Å². The van der Waals surface area contributed by atoms with Crippen molar-refractivity contribution in [2.75, 3.05) is 13.2 Å². The van der Waals surface area contributed by atoms with Crippen LogP contribution in [0.25, 0.3) is 6.08 Å². The van der Waals surface area contributed by atoms with Gasteiger partial charge in [-0.2, -0.15) is 14.0 Å². The van der Waals surface area contributed by atoms with Crippen molar-refractivity contribution >= 4 is 18.0 Å². The molecule has 0 bridgehead atoms. The van der Waals surface area contributed by atoms with Gasteiger partial charge in [0.25, 0.3) is 5.91 Å². The van der Waals surface area contributed by atoms with Crippen LogP contribution in [0, 0.1) is 11.3 Å². The fraction of sp³-hybridized carbons (Fsp3) is 0.190. The number of carbonyl (C=O) groups excluding carboxylic acids is 2. The molecule has 1 amide bonds. The van der Waals surface area contributed by atoms with Gasteiger partial charge in [0.15, 0.2) is 6.61 Å². The molecule has 29 heavy (non-hydrogen) atoms. The highest BCUT2D eigenvalue weighted by atomic mass is 19.3. The van der Waals surface area contributed by atoms with Crippen LogP contribution in [0.15, 0.2) is 54.6 Å². The van der Waals surface area contributed by atoms with Crippen LogP contribution in [0.4, 0.5) is 8.78 Å². The molecule has 0 atom stereocenters. The van der Waals surface area contributed by atoms with Gasteiger partial charge in [0.2, 0.25) is 0 Å². The Labute approximate surface area is 166 Å². The van der Waals surface area contributed by atoms with Gasteiger partial charge in [0.05, 0.1) is 11.6 Å². The molecule has 0 aromatic heterocycles. The van der Waals surface area contributed by atoms with E-state index in [-0.39, 0.29) is 5.75 Å². The fourth-order valence-corrected chi connectivity index (χ4v) is 2.25. The van der Waals surface area contributed by atoms with Crippen LogP contribution in [-0.2, 0) is 20.7 Å². The molecule has 0 aliphatic rings. The monoisotopic (exact) mass is 400 g/mol. The van der Waals surface area contributed by atoms with Crippen molar-refractivity contribution in [2.24, 2.45) is 0 Å². The first-order valence-corrected chi connectivity index (χ1v) is 8.61. The van der Waals surface area contributed by atoms with Crippen molar-refractivity contribution in [2.45, 2.75) is 13.0 Å². The van der Waals surface area contributed by atoms with Crippen LogP contribution >= 0.6 is 0 Å². The third kappa shape index (κ3) is 8.22. The molecule has 2 rings (SSSR count). The number of benzene rings is 2. The molecule has 8 heteroatoms. The van der Waals surface area contributed by atoms with Gasteiger partial charge in [-0.3, -0.25) is 4.79 Å². The van der Waals surface area contributed by atoms with E-state index < -0.39 is 25.1 Å². The van der Waals surface area contributed by atoms with Crippen molar-refractivity contribution in [3.05, 3.63) is 71.3 Å². The Balaban J connectivity index is 1.66. The number of nitriles is 1. The van der Waals surface area contributed by atoms with Crippen LogP contribution in [0.5, 0.6) is 5.75 Å². The SMILES string of the molecule is N#Cc1ccc(/C=C/C(=O)OCC(=O)NCCc2ccc(OC(F)F)cc2)cc1. The Hall–Kier alpha value is -3.73. The van der Waals surface area contributed by atoms with E-state index in [1.807, 2.05) is 6.07 Å². The molecule has 0 unspecified atom stereocenters. The summed E-state index contributed by atoms with van der Waals surface area (Å²) in [6.45, 7) is -2.99. The van der Waals surface area contributed by atoms with Gasteiger partial charge < -0.3 is 14.8 Å². The lowest BCUT2D eigenvalue weighted by Gasteiger charge is -2.07. The number of hydrogen-bond donors (Lipinski definition) is 1. The summed E-state index contributed by atoms with van der Waals surface area (Å²) in [6.07, 6.45) is 3.19. The summed E-state index contributed by atoms with van der Waals surface area (Å²) in [5, 5.41) is 11.3. The number of carbonyl (C=O) groups is 2. The number of halogens is 2. The first-order valence-electron chi connectivity index (χ1n) is 8.61. The first-order chi connectivity index (χ1) is 14.0. The molecule has 2 aromatic carbocycles. The van der Waals surface area contributed by atoms with E-state index in [2.05, 4.69) is 10.1 Å². The minimum absolute atomic E-state index is 0.0637. The zero-order valence-electron chi connectivity index (χ0n) is 15.3. The molecule has 150 valence electrons. The highest BCUT2D eigenvalue weighted by molar-refractivity contribution is 5.89. The molecule has 6 nitrogen and oxygen atoms in total. The van der Waals surface area contributed by atoms with Crippen LogP contribution in [0.3, 0.4) is 0 Å². The minimum Gasteiger partial charge on any atom is -0.452 e. The Bertz CT molecular complexity index is 888. The standard InChI is InChI=1S/C21H18F2N2O4/c22-21(23)29-18-8-5-16(6-9-18)11-12-25-19(26)14-28-20(27)10-7-15-1-3-17(13-24)4-2-15/h1-10,21H,11-12,14H2,(H,25,26)/b10-7+. The van der Waals surface area contributed by atoms with Crippen molar-refractivity contribution in [3.63, 3.8) is 0 Å². The normalized spacial score (nSPS) is 10.6. The molecule has 2 aromatic rings. The average Bonchev–Trinajstić information content (AvgIpc) is 2.72. The van der Waals surface area contributed by atoms with Crippen LogP contribution in [0.1, 0.15) is 16.7 Å². The molecule has 0 saturated carbocycles. The first kappa shape index (κ1) is 21.6. The van der Waals surface area contributed by atoms with Crippen molar-refractivity contribution in [1.82, 2.24) is 5.32 Å². The zero-order valence-corrected chi connectivity index (χ0v) is 15.3. The molecule has 0 heterocycles. The van der Waals surface area contributed by atoms with Crippen molar-refractivity contribution in [1.29, 1.82) is 5.26 Å². The molecular formula is C21H18F2N2O4. The number of hydrogen-bond acceptors (Lipinski definition) is 5. The van der Waals surface area contributed by atoms with Crippen LogP contribution in [-0.4, -0.2) is 31.6 Å². The highest BCUT2D eigenvalue weighted by Crippen LogP contribution is 2.15. The van der Waals surface area contributed by atoms with Gasteiger partial charge in [0, 0.05) is 12.6 Å². The smallest absolute Gasteiger partial charge is 0.387 e. The molecular weight excluding hydrogens is 382 g/mol. The zero-order chi connectivity index (χ0) is 21.1. The number of amides is 1. The predicted molar refractivity (Wildman–Crippen MR) is 101 cm³/mol. The largest absolute Gasteiger partial charge is 0.452 e. The maximum Gasteiger partial charge on any atom is 0.387 e. The predicted octanol–water partition coefficient (Wildman–Crippen LogP) is 3.07. The summed E-state index contributed by atoms with van der Waals surface area (Å²) in [4.78, 5) is 23.4. The van der Waals surface area contributed by atoms with E-state index in [4.69, 9.17) is 10.00 Å². The van der Waals surface area contributed by atoms with Gasteiger partial charge in [-0.05, 0) is 47.9 Å². The van der Waals surface area contributed by atoms with E-state index >= 15 is 0 Å². The average molecular weight is 400 g/mol. The molecule has 0 aliphatic heterocycles. The Morgan fingerprint density at radius 2 is 1.79 bits per heavy atom. The van der Waals surface area contributed by atoms with Gasteiger partial charge in [-0.1, -0.05) is 24.3 Å². The van der Waals surface area contributed by atoms with Gasteiger partial charge in [-0.15, -0.1) is 0 Å². The quantitative estimate of drug-likeness (QED) is 0.516. The maximum atomic E-state index is 12.1. The summed E-state index contributed by atoms with van der Waals surface area (Å²) in [7, 11) is 0. The summed E-state index contributed by atoms with van der Waals surface area (Å²) in [6, 6.07) is 14.7. The number of rotatable bonds is 9. The molecule has 1 N–H and O–H groups in total. The van der Waals surface area contributed by atoms with E-state index in [0.29, 0.717) is 18.5 Å². The molecule has 0 fully saturated rings. The van der Waals surface area contributed by atoms with Crippen LogP contribution in [0.2, 0.25) is 0 Å². The molecule has 0 aliphatic carbocycles. The van der Waals surface area contributed by atoms with E-state index in [9.17, 15) is 18.4 Å². The van der Waals surface area contributed by atoms with E-state index in [1.54, 1.807) is 36.4 Å². The summed E-state index contributed by atoms with van der Waals surface area (Å²) >= 11 is 0. The number of ether oxygens (including phenoxy) is 2. The Morgan fingerprint density at radius 1 is 1.10 bits per heavy atom. The lowest BCUT2D eigenvalue weighted by molar-refractivity contribution is -0.143. The summed E-state index contributed by atoms with van der Waals surface area (Å²) < 4.78 is 33.3. The van der Waals surface area contributed by atoms with Gasteiger partial charge in [-0.25, -0.2) is 4.79 Å².